The standard InChI is InChI=1S/C14H18O3/c1-8-9(2)13(17)11(10(3)12(8)16)14(4,5)6-7-15/h7H,6H2,1-5H3. The maximum Gasteiger partial charge on any atom is 0.186 e. The van der Waals surface area contributed by atoms with Crippen LogP contribution in [-0.2, 0) is 14.4 Å². The molecule has 1 aliphatic rings. The lowest BCUT2D eigenvalue weighted by Crippen LogP contribution is -2.30. The quantitative estimate of drug-likeness (QED) is 0.556. The Morgan fingerprint density at radius 3 is 1.88 bits per heavy atom. The van der Waals surface area contributed by atoms with Crippen molar-refractivity contribution in [2.45, 2.75) is 41.0 Å². The van der Waals surface area contributed by atoms with Crippen LogP contribution in [0.2, 0.25) is 0 Å². The number of carbonyl (C=O) groups is 3. The molecule has 0 unspecified atom stereocenters. The van der Waals surface area contributed by atoms with Gasteiger partial charge >= 0.3 is 0 Å². The lowest BCUT2D eigenvalue weighted by molar-refractivity contribution is -0.117. The molecule has 0 aromatic rings. The summed E-state index contributed by atoms with van der Waals surface area (Å²) in [6.45, 7) is 8.64. The van der Waals surface area contributed by atoms with Gasteiger partial charge in [-0.1, -0.05) is 13.8 Å². The van der Waals surface area contributed by atoms with Gasteiger partial charge in [-0.3, -0.25) is 9.59 Å². The van der Waals surface area contributed by atoms with Crippen LogP contribution < -0.4 is 0 Å². The summed E-state index contributed by atoms with van der Waals surface area (Å²) in [7, 11) is 0. The highest BCUT2D eigenvalue weighted by atomic mass is 16.1. The van der Waals surface area contributed by atoms with E-state index in [1.165, 1.54) is 0 Å². The summed E-state index contributed by atoms with van der Waals surface area (Å²) >= 11 is 0. The van der Waals surface area contributed by atoms with Crippen LogP contribution in [0.5, 0.6) is 0 Å². The Labute approximate surface area is 102 Å². The third kappa shape index (κ3) is 2.14. The van der Waals surface area contributed by atoms with Gasteiger partial charge in [0.05, 0.1) is 0 Å². The minimum absolute atomic E-state index is 0.0870. The van der Waals surface area contributed by atoms with E-state index in [9.17, 15) is 14.4 Å². The van der Waals surface area contributed by atoms with Gasteiger partial charge in [-0.15, -0.1) is 0 Å². The molecule has 1 aliphatic carbocycles. The van der Waals surface area contributed by atoms with Crippen molar-refractivity contribution < 1.29 is 14.4 Å². The molecule has 0 amide bonds. The van der Waals surface area contributed by atoms with Crippen molar-refractivity contribution in [2.75, 3.05) is 0 Å². The lowest BCUT2D eigenvalue weighted by Gasteiger charge is -2.30. The van der Waals surface area contributed by atoms with Crippen molar-refractivity contribution in [2.24, 2.45) is 5.41 Å². The van der Waals surface area contributed by atoms with Crippen LogP contribution >= 0.6 is 0 Å². The summed E-state index contributed by atoms with van der Waals surface area (Å²) in [5.74, 6) is -0.192. The number of carbonyl (C=O) groups excluding carboxylic acids is 3. The van der Waals surface area contributed by atoms with Gasteiger partial charge in [0.2, 0.25) is 0 Å². The van der Waals surface area contributed by atoms with Crippen LogP contribution in [-0.4, -0.2) is 17.9 Å². The second-order valence-electron chi connectivity index (χ2n) is 5.16. The van der Waals surface area contributed by atoms with Gasteiger partial charge in [0.1, 0.15) is 6.29 Å². The molecule has 3 heteroatoms. The molecule has 0 heterocycles. The summed E-state index contributed by atoms with van der Waals surface area (Å²) in [5, 5.41) is 0. The Morgan fingerprint density at radius 2 is 1.41 bits per heavy atom. The van der Waals surface area contributed by atoms with E-state index in [1.807, 2.05) is 13.8 Å². The summed E-state index contributed by atoms with van der Waals surface area (Å²) in [5.41, 5.74) is 1.39. The van der Waals surface area contributed by atoms with Gasteiger partial charge in [0.25, 0.3) is 0 Å². The molecule has 0 radical (unpaired) electrons. The molecular formula is C14H18O3. The predicted octanol–water partition coefficient (Wildman–Crippen LogP) is 2.41. The van der Waals surface area contributed by atoms with E-state index < -0.39 is 5.41 Å². The Morgan fingerprint density at radius 1 is 0.941 bits per heavy atom. The van der Waals surface area contributed by atoms with E-state index in [0.717, 1.165) is 6.29 Å². The molecule has 0 N–H and O–H groups in total. The molecule has 0 aliphatic heterocycles. The minimum Gasteiger partial charge on any atom is -0.303 e. The third-order valence-electron chi connectivity index (χ3n) is 3.46. The first kappa shape index (κ1) is 13.6. The van der Waals surface area contributed by atoms with E-state index >= 15 is 0 Å². The van der Waals surface area contributed by atoms with Gasteiger partial charge < -0.3 is 4.79 Å². The summed E-state index contributed by atoms with van der Waals surface area (Å²) < 4.78 is 0. The summed E-state index contributed by atoms with van der Waals surface area (Å²) in [6.07, 6.45) is 1.03. The van der Waals surface area contributed by atoms with Crippen LogP contribution in [0.4, 0.5) is 0 Å². The van der Waals surface area contributed by atoms with Gasteiger partial charge in [0.15, 0.2) is 11.6 Å². The van der Waals surface area contributed by atoms with E-state index in [-0.39, 0.29) is 18.0 Å². The molecule has 0 saturated carbocycles. The normalized spacial score (nSPS) is 17.9. The third-order valence-corrected chi connectivity index (χ3v) is 3.46. The van der Waals surface area contributed by atoms with Crippen LogP contribution in [0.3, 0.4) is 0 Å². The molecule has 0 spiro atoms. The average Bonchev–Trinajstić information content (AvgIpc) is 2.23. The molecule has 0 atom stereocenters. The molecule has 1 rings (SSSR count). The van der Waals surface area contributed by atoms with Gasteiger partial charge in [0, 0.05) is 34.1 Å². The van der Waals surface area contributed by atoms with Crippen LogP contribution in [0.15, 0.2) is 22.3 Å². The van der Waals surface area contributed by atoms with Crippen molar-refractivity contribution in [1.82, 2.24) is 0 Å². The maximum atomic E-state index is 12.2. The number of aldehydes is 1. The highest BCUT2D eigenvalue weighted by Crippen LogP contribution is 2.37. The number of allylic oxidation sites excluding steroid dienone is 4. The molecule has 92 valence electrons. The Hall–Kier alpha value is -1.51. The molecule has 0 aromatic carbocycles. The largest absolute Gasteiger partial charge is 0.303 e. The molecule has 0 aromatic heterocycles. The van der Waals surface area contributed by atoms with Crippen LogP contribution in [0.25, 0.3) is 0 Å². The van der Waals surface area contributed by atoms with Crippen molar-refractivity contribution in [3.63, 3.8) is 0 Å². The van der Waals surface area contributed by atoms with Crippen molar-refractivity contribution in [1.29, 1.82) is 0 Å². The molecular weight excluding hydrogens is 216 g/mol. The van der Waals surface area contributed by atoms with Crippen molar-refractivity contribution in [3.05, 3.63) is 22.3 Å². The van der Waals surface area contributed by atoms with E-state index in [0.29, 0.717) is 22.3 Å². The zero-order valence-electron chi connectivity index (χ0n) is 11.0. The molecule has 0 saturated heterocycles. The van der Waals surface area contributed by atoms with Crippen molar-refractivity contribution in [3.8, 4) is 0 Å². The fraction of sp³-hybridized carbons (Fsp3) is 0.500. The summed E-state index contributed by atoms with van der Waals surface area (Å²) in [4.78, 5) is 34.9. The highest BCUT2D eigenvalue weighted by Gasteiger charge is 2.36. The van der Waals surface area contributed by atoms with Gasteiger partial charge in [-0.05, 0) is 20.8 Å². The first-order valence-corrected chi connectivity index (χ1v) is 5.66. The maximum absolute atomic E-state index is 12.2. The second-order valence-corrected chi connectivity index (χ2v) is 5.16. The smallest absolute Gasteiger partial charge is 0.186 e. The average molecular weight is 234 g/mol. The SMILES string of the molecule is CC1=C(C)C(=O)C(C(C)(C)CC=O)=C(C)C1=O. The Balaban J connectivity index is 3.38. The topological polar surface area (TPSA) is 51.2 Å². The second kappa shape index (κ2) is 4.40. The zero-order valence-corrected chi connectivity index (χ0v) is 11.0. The number of hydrogen-bond acceptors (Lipinski definition) is 3. The molecule has 0 fully saturated rings. The summed E-state index contributed by atoms with van der Waals surface area (Å²) in [6, 6.07) is 0. The number of rotatable bonds is 3. The first-order valence-electron chi connectivity index (χ1n) is 5.66. The predicted molar refractivity (Wildman–Crippen MR) is 65.6 cm³/mol. The van der Waals surface area contributed by atoms with E-state index in [1.54, 1.807) is 20.8 Å². The molecule has 0 bridgehead atoms. The van der Waals surface area contributed by atoms with Crippen LogP contribution in [0, 0.1) is 5.41 Å². The van der Waals surface area contributed by atoms with Gasteiger partial charge in [-0.2, -0.15) is 0 Å². The first-order chi connectivity index (χ1) is 7.74. The zero-order chi connectivity index (χ0) is 13.4. The fourth-order valence-electron chi connectivity index (χ4n) is 2.22. The lowest BCUT2D eigenvalue weighted by atomic mass is 9.71. The molecule has 17 heavy (non-hydrogen) atoms. The Bertz CT molecular complexity index is 462. The minimum atomic E-state index is -0.583. The molecule has 3 nitrogen and oxygen atoms in total. The van der Waals surface area contributed by atoms with E-state index in [2.05, 4.69) is 0 Å². The number of hydrogen-bond donors (Lipinski definition) is 0. The number of Topliss-reactive ketones (excluding diaryl/α,β-unsaturated/α-hetero) is 2. The Kier molecular flexibility index (Phi) is 3.51. The van der Waals surface area contributed by atoms with Crippen LogP contribution in [0.1, 0.15) is 41.0 Å². The van der Waals surface area contributed by atoms with E-state index in [4.69, 9.17) is 0 Å². The van der Waals surface area contributed by atoms with Gasteiger partial charge in [-0.25, -0.2) is 0 Å². The monoisotopic (exact) mass is 234 g/mol. The number of ketones is 2. The van der Waals surface area contributed by atoms with Crippen molar-refractivity contribution >= 4 is 17.9 Å². The fourth-order valence-corrected chi connectivity index (χ4v) is 2.22. The highest BCUT2D eigenvalue weighted by molar-refractivity contribution is 6.25.